The predicted molar refractivity (Wildman–Crippen MR) is 81.5 cm³/mol. The molecule has 2 aromatic rings. The molecule has 0 saturated heterocycles. The molecule has 0 aliphatic heterocycles. The largest absolute Gasteiger partial charge is 0.465 e. The minimum absolute atomic E-state index is 0.0717. The van der Waals surface area contributed by atoms with Crippen molar-refractivity contribution >= 4 is 6.02 Å². The Morgan fingerprint density at radius 1 is 1.36 bits per heavy atom. The normalized spacial score (nSPS) is 11.0. The van der Waals surface area contributed by atoms with E-state index in [9.17, 15) is 4.39 Å². The average Bonchev–Trinajstić information content (AvgIpc) is 2.56. The van der Waals surface area contributed by atoms with Crippen molar-refractivity contribution in [2.45, 2.75) is 6.42 Å². The first-order valence-electron chi connectivity index (χ1n) is 6.63. The first kappa shape index (κ1) is 15.4. The molecule has 0 spiro atoms. The Hall–Kier alpha value is -2.94. The fraction of sp³-hybridized carbons (Fsp3) is 0.188. The number of nitrogens with zero attached hydrogens (tertiary/aromatic N) is 3. The highest BCUT2D eigenvalue weighted by molar-refractivity contribution is 5.71. The summed E-state index contributed by atoms with van der Waals surface area (Å²) < 4.78 is 19.0. The Bertz CT molecular complexity index is 737. The number of hydrogen-bond acceptors (Lipinski definition) is 4. The Kier molecular flexibility index (Phi) is 5.04. The molecule has 0 bridgehead atoms. The van der Waals surface area contributed by atoms with Crippen LogP contribution < -0.4 is 5.73 Å². The smallest absolute Gasteiger partial charge is 0.281 e. The van der Waals surface area contributed by atoms with Crippen LogP contribution in [0.4, 0.5) is 4.39 Å². The molecule has 0 saturated carbocycles. The highest BCUT2D eigenvalue weighted by Crippen LogP contribution is 2.22. The molecule has 1 aromatic heterocycles. The van der Waals surface area contributed by atoms with E-state index >= 15 is 0 Å². The Morgan fingerprint density at radius 2 is 2.18 bits per heavy atom. The third-order valence-electron chi connectivity index (χ3n) is 3.09. The summed E-state index contributed by atoms with van der Waals surface area (Å²) in [6, 6.07) is 8.58. The van der Waals surface area contributed by atoms with Crippen LogP contribution in [0.25, 0.3) is 11.1 Å². The van der Waals surface area contributed by atoms with Gasteiger partial charge in [0.1, 0.15) is 11.9 Å². The molecule has 0 aliphatic rings. The van der Waals surface area contributed by atoms with Gasteiger partial charge in [0.15, 0.2) is 0 Å². The number of aromatic nitrogens is 1. The van der Waals surface area contributed by atoms with Crippen molar-refractivity contribution in [3.05, 3.63) is 53.6 Å². The molecule has 0 unspecified atom stereocenters. The van der Waals surface area contributed by atoms with Crippen LogP contribution >= 0.6 is 0 Å². The molecule has 2 rings (SSSR count). The number of ether oxygens (including phenoxy) is 1. The van der Waals surface area contributed by atoms with Crippen molar-refractivity contribution < 1.29 is 9.13 Å². The summed E-state index contributed by atoms with van der Waals surface area (Å²) in [6.07, 6.45) is 3.48. The maximum Gasteiger partial charge on any atom is 0.281 e. The highest BCUT2D eigenvalue weighted by Gasteiger charge is 2.07. The number of rotatable bonds is 4. The molecule has 0 aliphatic carbocycles. The monoisotopic (exact) mass is 298 g/mol. The number of aliphatic imine (C=N–C) groups is 1. The van der Waals surface area contributed by atoms with E-state index in [4.69, 9.17) is 15.7 Å². The number of nitriles is 1. The molecule has 1 aromatic carbocycles. The molecule has 5 nitrogen and oxygen atoms in total. The Balaban J connectivity index is 2.21. The number of pyridine rings is 1. The van der Waals surface area contributed by atoms with Crippen molar-refractivity contribution in [1.29, 1.82) is 5.26 Å². The van der Waals surface area contributed by atoms with Crippen LogP contribution in [0.15, 0.2) is 41.7 Å². The van der Waals surface area contributed by atoms with E-state index in [0.29, 0.717) is 17.5 Å². The molecule has 1 heterocycles. The zero-order chi connectivity index (χ0) is 15.9. The molecule has 0 amide bonds. The summed E-state index contributed by atoms with van der Waals surface area (Å²) in [5.41, 5.74) is 7.93. The minimum Gasteiger partial charge on any atom is -0.465 e. The van der Waals surface area contributed by atoms with Crippen molar-refractivity contribution in [1.82, 2.24) is 4.98 Å². The SMILES string of the molecule is CN=C(N)OCCc1cc(-c2cncc(C#N)c2)ccc1F. The van der Waals surface area contributed by atoms with E-state index in [1.807, 2.05) is 6.07 Å². The lowest BCUT2D eigenvalue weighted by molar-refractivity contribution is 0.301. The van der Waals surface area contributed by atoms with Gasteiger partial charge in [-0.15, -0.1) is 0 Å². The zero-order valence-electron chi connectivity index (χ0n) is 12.1. The molecule has 6 heteroatoms. The molecule has 0 fully saturated rings. The van der Waals surface area contributed by atoms with E-state index < -0.39 is 0 Å². The van der Waals surface area contributed by atoms with Gasteiger partial charge in [-0.05, 0) is 29.3 Å². The number of nitrogens with two attached hydrogens (primary N) is 1. The van der Waals surface area contributed by atoms with E-state index in [-0.39, 0.29) is 18.4 Å². The average molecular weight is 298 g/mol. The lowest BCUT2D eigenvalue weighted by atomic mass is 10.0. The van der Waals surface area contributed by atoms with Gasteiger partial charge in [0, 0.05) is 31.4 Å². The van der Waals surface area contributed by atoms with E-state index in [1.165, 1.54) is 19.3 Å². The van der Waals surface area contributed by atoms with Gasteiger partial charge in [0.05, 0.1) is 12.2 Å². The van der Waals surface area contributed by atoms with Gasteiger partial charge in [-0.3, -0.25) is 4.98 Å². The summed E-state index contributed by atoms with van der Waals surface area (Å²) in [6.45, 7) is 0.236. The van der Waals surface area contributed by atoms with Gasteiger partial charge in [0.2, 0.25) is 0 Å². The number of amidine groups is 1. The van der Waals surface area contributed by atoms with Gasteiger partial charge < -0.3 is 10.5 Å². The Morgan fingerprint density at radius 3 is 2.91 bits per heavy atom. The topological polar surface area (TPSA) is 84.3 Å². The predicted octanol–water partition coefficient (Wildman–Crippen LogP) is 2.26. The van der Waals surface area contributed by atoms with Crippen LogP contribution in [0, 0.1) is 17.1 Å². The summed E-state index contributed by atoms with van der Waals surface area (Å²) in [7, 11) is 1.52. The van der Waals surface area contributed by atoms with Crippen LogP contribution in [-0.4, -0.2) is 24.7 Å². The van der Waals surface area contributed by atoms with Crippen LogP contribution in [0.2, 0.25) is 0 Å². The third kappa shape index (κ3) is 3.79. The minimum atomic E-state index is -0.316. The lowest BCUT2D eigenvalue weighted by Gasteiger charge is -2.08. The summed E-state index contributed by atoms with van der Waals surface area (Å²) >= 11 is 0. The van der Waals surface area contributed by atoms with Gasteiger partial charge >= 0.3 is 0 Å². The van der Waals surface area contributed by atoms with Gasteiger partial charge in [-0.25, -0.2) is 9.38 Å². The first-order valence-corrected chi connectivity index (χ1v) is 6.63. The number of benzene rings is 1. The van der Waals surface area contributed by atoms with Gasteiger partial charge in [-0.2, -0.15) is 5.26 Å². The first-order chi connectivity index (χ1) is 10.6. The van der Waals surface area contributed by atoms with Crippen molar-refractivity contribution in [3.8, 4) is 17.2 Å². The number of halogens is 1. The maximum absolute atomic E-state index is 13.9. The quantitative estimate of drug-likeness (QED) is 0.693. The van der Waals surface area contributed by atoms with Crippen LogP contribution in [0.3, 0.4) is 0 Å². The van der Waals surface area contributed by atoms with Crippen molar-refractivity contribution in [2.24, 2.45) is 10.7 Å². The standard InChI is InChI=1S/C16H15FN4O/c1-20-16(19)22-5-4-13-7-12(2-3-15(13)17)14-6-11(8-18)9-21-10-14/h2-3,6-7,9-10H,4-5H2,1H3,(H2,19,20). The number of hydrogen-bond donors (Lipinski definition) is 1. The van der Waals surface area contributed by atoms with Crippen molar-refractivity contribution in [2.75, 3.05) is 13.7 Å². The molecule has 2 N–H and O–H groups in total. The van der Waals surface area contributed by atoms with E-state index in [0.717, 1.165) is 11.1 Å². The third-order valence-corrected chi connectivity index (χ3v) is 3.09. The molecule has 112 valence electrons. The van der Waals surface area contributed by atoms with E-state index in [2.05, 4.69) is 9.98 Å². The maximum atomic E-state index is 13.9. The van der Waals surface area contributed by atoms with Crippen LogP contribution in [0.1, 0.15) is 11.1 Å². The van der Waals surface area contributed by atoms with Gasteiger partial charge in [-0.1, -0.05) is 6.07 Å². The molecular weight excluding hydrogens is 283 g/mol. The van der Waals surface area contributed by atoms with Gasteiger partial charge in [0.25, 0.3) is 6.02 Å². The molecule has 0 atom stereocenters. The fourth-order valence-electron chi connectivity index (χ4n) is 1.93. The van der Waals surface area contributed by atoms with Crippen molar-refractivity contribution in [3.63, 3.8) is 0 Å². The second kappa shape index (κ2) is 7.18. The summed E-state index contributed by atoms with van der Waals surface area (Å²) in [4.78, 5) is 7.67. The van der Waals surface area contributed by atoms with E-state index in [1.54, 1.807) is 24.4 Å². The fourth-order valence-corrected chi connectivity index (χ4v) is 1.93. The molecule has 0 radical (unpaired) electrons. The molecular formula is C16H15FN4O. The van der Waals surface area contributed by atoms with Crippen LogP contribution in [-0.2, 0) is 11.2 Å². The molecule has 22 heavy (non-hydrogen) atoms. The zero-order valence-corrected chi connectivity index (χ0v) is 12.1. The second-order valence-corrected chi connectivity index (χ2v) is 4.54. The highest BCUT2D eigenvalue weighted by atomic mass is 19.1. The summed E-state index contributed by atoms with van der Waals surface area (Å²) in [5, 5.41) is 8.91. The van der Waals surface area contributed by atoms with Crippen LogP contribution in [0.5, 0.6) is 0 Å². The Labute approximate surface area is 127 Å². The lowest BCUT2D eigenvalue weighted by Crippen LogP contribution is -2.17. The second-order valence-electron chi connectivity index (χ2n) is 4.54. The summed E-state index contributed by atoms with van der Waals surface area (Å²) in [5.74, 6) is -0.316.